The largest absolute Gasteiger partial charge is 0.351 e. The number of rotatable bonds is 6. The number of benzene rings is 1. The Balaban J connectivity index is 0.00000160. The van der Waals surface area contributed by atoms with Gasteiger partial charge in [0.05, 0.1) is 22.8 Å². The number of hydrogen-bond acceptors (Lipinski definition) is 5. The summed E-state index contributed by atoms with van der Waals surface area (Å²) in [7, 11) is 0. The number of hydrogen-bond donors (Lipinski definition) is 2. The molecule has 9 heteroatoms. The Hall–Kier alpha value is -2.19. The fourth-order valence-electron chi connectivity index (χ4n) is 3.58. The molecule has 30 heavy (non-hydrogen) atoms. The van der Waals surface area contributed by atoms with Crippen LogP contribution in [-0.2, 0) is 6.54 Å². The Morgan fingerprint density at radius 3 is 2.60 bits per heavy atom. The average molecular weight is 451 g/mol. The molecule has 162 valence electrons. The van der Waals surface area contributed by atoms with Crippen molar-refractivity contribution in [2.24, 2.45) is 0 Å². The maximum Gasteiger partial charge on any atom is 0.252 e. The molecule has 1 aliphatic heterocycles. The lowest BCUT2D eigenvalue weighted by molar-refractivity contribution is 0.0949. The van der Waals surface area contributed by atoms with E-state index >= 15 is 0 Å². The molecule has 1 saturated heterocycles. The van der Waals surface area contributed by atoms with Crippen molar-refractivity contribution < 1.29 is 4.79 Å². The summed E-state index contributed by atoms with van der Waals surface area (Å²) in [4.78, 5) is 20.1. The third-order valence-electron chi connectivity index (χ3n) is 5.15. The molecule has 0 unspecified atom stereocenters. The van der Waals surface area contributed by atoms with Crippen molar-refractivity contribution in [1.29, 1.82) is 0 Å². The average Bonchev–Trinajstić information content (AvgIpc) is 3.17. The fraction of sp³-hybridized carbons (Fsp3) is 0.381. The first kappa shape index (κ1) is 24.1. The van der Waals surface area contributed by atoms with Gasteiger partial charge in [-0.1, -0.05) is 30.3 Å². The van der Waals surface area contributed by atoms with E-state index in [9.17, 15) is 4.79 Å². The lowest BCUT2D eigenvalue weighted by Crippen LogP contribution is -2.46. The van der Waals surface area contributed by atoms with E-state index in [2.05, 4.69) is 20.6 Å². The molecule has 0 radical (unpaired) electrons. The van der Waals surface area contributed by atoms with Crippen LogP contribution in [0, 0.1) is 0 Å². The third-order valence-corrected chi connectivity index (χ3v) is 5.15. The zero-order valence-corrected chi connectivity index (χ0v) is 18.6. The van der Waals surface area contributed by atoms with Crippen LogP contribution in [0.3, 0.4) is 0 Å². The minimum Gasteiger partial charge on any atom is -0.351 e. The van der Waals surface area contributed by atoms with Gasteiger partial charge < -0.3 is 10.6 Å². The van der Waals surface area contributed by atoms with E-state index in [0.717, 1.165) is 55.0 Å². The topological polar surface area (TPSA) is 75.1 Å². The van der Waals surface area contributed by atoms with E-state index in [4.69, 9.17) is 4.98 Å². The Labute approximate surface area is 189 Å². The van der Waals surface area contributed by atoms with Gasteiger partial charge in [0.15, 0.2) is 5.65 Å². The van der Waals surface area contributed by atoms with Gasteiger partial charge in [-0.3, -0.25) is 9.69 Å². The first-order chi connectivity index (χ1) is 13.8. The first-order valence-electron chi connectivity index (χ1n) is 9.89. The van der Waals surface area contributed by atoms with Gasteiger partial charge in [-0.15, -0.1) is 24.8 Å². The van der Waals surface area contributed by atoms with Crippen molar-refractivity contribution >= 4 is 41.8 Å². The van der Waals surface area contributed by atoms with E-state index in [1.807, 2.05) is 48.0 Å². The van der Waals surface area contributed by atoms with Crippen molar-refractivity contribution in [3.05, 3.63) is 48.2 Å². The molecule has 1 aromatic carbocycles. The number of nitrogens with zero attached hydrogens (tertiary/aromatic N) is 4. The standard InChI is InChI=1S/C21H26N6O.2ClH/c1-2-27-20-18(15-24-27)17(14-19(25-20)16-6-4-3-5-7-16)21(28)23-10-13-26-11-8-22-9-12-26;;/h3-7,14-15,22H,2,8-13H2,1H3,(H,23,28);2*1H. The molecule has 4 rings (SSSR count). The van der Waals surface area contributed by atoms with E-state index in [1.54, 1.807) is 6.20 Å². The minimum atomic E-state index is -0.0737. The van der Waals surface area contributed by atoms with Crippen LogP contribution in [0.2, 0.25) is 0 Å². The van der Waals surface area contributed by atoms with Gasteiger partial charge in [-0.25, -0.2) is 9.67 Å². The first-order valence-corrected chi connectivity index (χ1v) is 9.89. The summed E-state index contributed by atoms with van der Waals surface area (Å²) < 4.78 is 1.83. The smallest absolute Gasteiger partial charge is 0.252 e. The van der Waals surface area contributed by atoms with Crippen molar-refractivity contribution in [1.82, 2.24) is 30.3 Å². The Kier molecular flexibility index (Phi) is 9.05. The predicted molar refractivity (Wildman–Crippen MR) is 125 cm³/mol. The summed E-state index contributed by atoms with van der Waals surface area (Å²) in [6.45, 7) is 8.29. The molecular weight excluding hydrogens is 423 g/mol. The molecule has 2 aromatic heterocycles. The van der Waals surface area contributed by atoms with Crippen LogP contribution in [-0.4, -0.2) is 64.8 Å². The van der Waals surface area contributed by atoms with Gasteiger partial charge in [0, 0.05) is 51.4 Å². The normalized spacial score (nSPS) is 14.0. The van der Waals surface area contributed by atoms with Crippen molar-refractivity contribution in [2.45, 2.75) is 13.5 Å². The second kappa shape index (κ2) is 11.3. The molecule has 0 aliphatic carbocycles. The SMILES string of the molecule is CCn1ncc2c(C(=O)NCCN3CCNCC3)cc(-c3ccccc3)nc21.Cl.Cl. The molecule has 2 N–H and O–H groups in total. The number of piperazine rings is 1. The molecule has 3 aromatic rings. The summed E-state index contributed by atoms with van der Waals surface area (Å²) in [5.41, 5.74) is 3.15. The number of pyridine rings is 1. The molecule has 0 saturated carbocycles. The van der Waals surface area contributed by atoms with E-state index in [-0.39, 0.29) is 30.7 Å². The zero-order chi connectivity index (χ0) is 19.3. The Morgan fingerprint density at radius 1 is 1.17 bits per heavy atom. The second-order valence-electron chi connectivity index (χ2n) is 6.97. The Morgan fingerprint density at radius 2 is 1.90 bits per heavy atom. The maximum atomic E-state index is 13.0. The number of fused-ring (bicyclic) bond motifs is 1. The van der Waals surface area contributed by atoms with Gasteiger partial charge in [0.25, 0.3) is 5.91 Å². The van der Waals surface area contributed by atoms with Gasteiger partial charge in [-0.05, 0) is 13.0 Å². The summed E-state index contributed by atoms with van der Waals surface area (Å²) >= 11 is 0. The molecule has 7 nitrogen and oxygen atoms in total. The molecule has 0 spiro atoms. The minimum absolute atomic E-state index is 0. The molecular formula is C21H28Cl2N6O. The molecule has 3 heterocycles. The number of nitrogens with one attached hydrogen (secondary N) is 2. The fourth-order valence-corrected chi connectivity index (χ4v) is 3.58. The number of carbonyl (C=O) groups excluding carboxylic acids is 1. The highest BCUT2D eigenvalue weighted by atomic mass is 35.5. The molecule has 0 atom stereocenters. The van der Waals surface area contributed by atoms with Crippen LogP contribution in [0.15, 0.2) is 42.6 Å². The number of amides is 1. The number of halogens is 2. The highest BCUT2D eigenvalue weighted by Gasteiger charge is 2.17. The molecule has 1 amide bonds. The van der Waals surface area contributed by atoms with E-state index < -0.39 is 0 Å². The van der Waals surface area contributed by atoms with Gasteiger partial charge >= 0.3 is 0 Å². The third kappa shape index (κ3) is 5.29. The van der Waals surface area contributed by atoms with Crippen LogP contribution < -0.4 is 10.6 Å². The van der Waals surface area contributed by atoms with Crippen LogP contribution in [0.5, 0.6) is 0 Å². The summed E-state index contributed by atoms with van der Waals surface area (Å²) in [6, 6.07) is 11.8. The molecule has 1 fully saturated rings. The van der Waals surface area contributed by atoms with E-state index in [0.29, 0.717) is 18.7 Å². The van der Waals surface area contributed by atoms with Crippen LogP contribution >= 0.6 is 24.8 Å². The van der Waals surface area contributed by atoms with Gasteiger partial charge in [-0.2, -0.15) is 5.10 Å². The monoisotopic (exact) mass is 450 g/mol. The van der Waals surface area contributed by atoms with Crippen molar-refractivity contribution in [2.75, 3.05) is 39.3 Å². The molecule has 1 aliphatic rings. The van der Waals surface area contributed by atoms with Crippen molar-refractivity contribution in [3.63, 3.8) is 0 Å². The van der Waals surface area contributed by atoms with Crippen LogP contribution in [0.1, 0.15) is 17.3 Å². The lowest BCUT2D eigenvalue weighted by Gasteiger charge is -2.27. The zero-order valence-electron chi connectivity index (χ0n) is 17.0. The number of aryl methyl sites for hydroxylation is 1. The van der Waals surface area contributed by atoms with Gasteiger partial charge in [0.2, 0.25) is 0 Å². The van der Waals surface area contributed by atoms with E-state index in [1.165, 1.54) is 0 Å². The summed E-state index contributed by atoms with van der Waals surface area (Å²) in [6.07, 6.45) is 1.74. The van der Waals surface area contributed by atoms with Crippen LogP contribution in [0.25, 0.3) is 22.3 Å². The molecule has 0 bridgehead atoms. The quantitative estimate of drug-likeness (QED) is 0.603. The highest BCUT2D eigenvalue weighted by molar-refractivity contribution is 6.06. The highest BCUT2D eigenvalue weighted by Crippen LogP contribution is 2.24. The Bertz CT molecular complexity index is 957. The predicted octanol–water partition coefficient (Wildman–Crippen LogP) is 2.60. The van der Waals surface area contributed by atoms with Crippen molar-refractivity contribution in [3.8, 4) is 11.3 Å². The number of aromatic nitrogens is 3. The van der Waals surface area contributed by atoms with Crippen LogP contribution in [0.4, 0.5) is 0 Å². The summed E-state index contributed by atoms with van der Waals surface area (Å²) in [5.74, 6) is -0.0737. The lowest BCUT2D eigenvalue weighted by atomic mass is 10.1. The number of carbonyl (C=O) groups is 1. The van der Waals surface area contributed by atoms with Gasteiger partial charge in [0.1, 0.15) is 0 Å². The second-order valence-corrected chi connectivity index (χ2v) is 6.97. The maximum absolute atomic E-state index is 13.0. The summed E-state index contributed by atoms with van der Waals surface area (Å²) in [5, 5.41) is 11.6.